The molecule has 0 heterocycles. The summed E-state index contributed by atoms with van der Waals surface area (Å²) in [5.41, 5.74) is 0. The minimum Gasteiger partial charge on any atom is -0.501 e. The van der Waals surface area contributed by atoms with Crippen molar-refractivity contribution in [2.75, 3.05) is 7.11 Å². The molecule has 1 rings (SSSR count). The van der Waals surface area contributed by atoms with Crippen LogP contribution < -0.4 is 0 Å². The molecule has 0 atom stereocenters. The molecule has 0 saturated heterocycles. The van der Waals surface area contributed by atoms with Gasteiger partial charge in [-0.25, -0.2) is 8.78 Å². The molecule has 0 spiro atoms. The van der Waals surface area contributed by atoms with Crippen molar-refractivity contribution >= 4 is 0 Å². The first-order chi connectivity index (χ1) is 4.74. The second-order valence-corrected chi connectivity index (χ2v) is 2.07. The maximum Gasteiger partial charge on any atom is 0.157 e. The Kier molecular flexibility index (Phi) is 2.04. The van der Waals surface area contributed by atoms with E-state index in [1.807, 2.05) is 0 Å². The van der Waals surface area contributed by atoms with Gasteiger partial charge in [0, 0.05) is 18.9 Å². The summed E-state index contributed by atoms with van der Waals surface area (Å²) in [4.78, 5) is 0. The molecule has 0 saturated carbocycles. The Hall–Kier alpha value is -0.860. The van der Waals surface area contributed by atoms with Gasteiger partial charge in [0.05, 0.1) is 12.9 Å². The summed E-state index contributed by atoms with van der Waals surface area (Å²) < 4.78 is 29.4. The van der Waals surface area contributed by atoms with Crippen LogP contribution in [0, 0.1) is 0 Å². The number of hydrogen-bond donors (Lipinski definition) is 0. The first-order valence-electron chi connectivity index (χ1n) is 3.02. The minimum absolute atomic E-state index is 0.117. The van der Waals surface area contributed by atoms with E-state index in [1.165, 1.54) is 7.11 Å². The molecule has 1 nitrogen and oxygen atoms in total. The topological polar surface area (TPSA) is 9.23 Å². The predicted octanol–water partition coefficient (Wildman–Crippen LogP) is 2.46. The van der Waals surface area contributed by atoms with Gasteiger partial charge in [0.2, 0.25) is 0 Å². The van der Waals surface area contributed by atoms with Crippen molar-refractivity contribution in [2.45, 2.75) is 12.8 Å². The van der Waals surface area contributed by atoms with Gasteiger partial charge in [-0.1, -0.05) is 0 Å². The third kappa shape index (κ3) is 1.35. The molecule has 0 N–H and O–H groups in total. The van der Waals surface area contributed by atoms with E-state index < -0.39 is 11.7 Å². The van der Waals surface area contributed by atoms with Crippen LogP contribution in [0.25, 0.3) is 0 Å². The van der Waals surface area contributed by atoms with Crippen LogP contribution in [-0.4, -0.2) is 7.11 Å². The van der Waals surface area contributed by atoms with Gasteiger partial charge >= 0.3 is 0 Å². The minimum atomic E-state index is -0.803. The maximum atomic E-state index is 12.4. The number of halogens is 2. The van der Waals surface area contributed by atoms with Crippen molar-refractivity contribution in [1.29, 1.82) is 0 Å². The van der Waals surface area contributed by atoms with E-state index in [4.69, 9.17) is 4.74 Å². The summed E-state index contributed by atoms with van der Waals surface area (Å²) in [7, 11) is 1.45. The Bertz CT molecular complexity index is 194. The van der Waals surface area contributed by atoms with Crippen LogP contribution in [0.2, 0.25) is 0 Å². The number of hydrogen-bond acceptors (Lipinski definition) is 1. The van der Waals surface area contributed by atoms with Crippen LogP contribution in [0.15, 0.2) is 23.5 Å². The Labute approximate surface area is 58.0 Å². The predicted molar refractivity (Wildman–Crippen MR) is 33.6 cm³/mol. The molecule has 0 aliphatic heterocycles. The smallest absolute Gasteiger partial charge is 0.157 e. The van der Waals surface area contributed by atoms with Gasteiger partial charge in [0.15, 0.2) is 5.83 Å². The highest BCUT2D eigenvalue weighted by Gasteiger charge is 2.12. The molecule has 0 bridgehead atoms. The SMILES string of the molecule is COC1=CC(F)=C(F)CC1. The van der Waals surface area contributed by atoms with Crippen LogP contribution in [0.5, 0.6) is 0 Å². The van der Waals surface area contributed by atoms with Gasteiger partial charge in [-0.2, -0.15) is 0 Å². The molecule has 0 radical (unpaired) electrons. The van der Waals surface area contributed by atoms with Gasteiger partial charge < -0.3 is 4.74 Å². The molecule has 0 amide bonds. The molecule has 0 unspecified atom stereocenters. The van der Waals surface area contributed by atoms with E-state index in [9.17, 15) is 8.78 Å². The normalized spacial score (nSPS) is 18.9. The molecule has 0 aromatic heterocycles. The molecule has 0 aromatic rings. The number of rotatable bonds is 1. The fraction of sp³-hybridized carbons (Fsp3) is 0.429. The van der Waals surface area contributed by atoms with Crippen LogP contribution in [0.4, 0.5) is 8.78 Å². The zero-order chi connectivity index (χ0) is 7.56. The van der Waals surface area contributed by atoms with Crippen molar-refractivity contribution in [2.24, 2.45) is 0 Å². The van der Waals surface area contributed by atoms with E-state index in [-0.39, 0.29) is 6.42 Å². The van der Waals surface area contributed by atoms with Crippen LogP contribution >= 0.6 is 0 Å². The largest absolute Gasteiger partial charge is 0.501 e. The molecular weight excluding hydrogens is 138 g/mol. The van der Waals surface area contributed by atoms with Gasteiger partial charge in [0.1, 0.15) is 5.83 Å². The average Bonchev–Trinajstić information content (AvgIpc) is 1.95. The highest BCUT2D eigenvalue weighted by Crippen LogP contribution is 2.25. The van der Waals surface area contributed by atoms with Crippen molar-refractivity contribution in [3.8, 4) is 0 Å². The quantitative estimate of drug-likeness (QED) is 0.552. The average molecular weight is 146 g/mol. The second-order valence-electron chi connectivity index (χ2n) is 2.07. The van der Waals surface area contributed by atoms with Crippen molar-refractivity contribution in [3.63, 3.8) is 0 Å². The van der Waals surface area contributed by atoms with Gasteiger partial charge in [-0.3, -0.25) is 0 Å². The zero-order valence-corrected chi connectivity index (χ0v) is 5.66. The number of ether oxygens (including phenoxy) is 1. The fourth-order valence-electron chi connectivity index (χ4n) is 0.805. The molecule has 3 heteroatoms. The number of methoxy groups -OCH3 is 1. The lowest BCUT2D eigenvalue weighted by Crippen LogP contribution is -1.94. The summed E-state index contributed by atoms with van der Waals surface area (Å²) >= 11 is 0. The number of allylic oxidation sites excluding steroid dienone is 4. The van der Waals surface area contributed by atoms with Crippen molar-refractivity contribution in [3.05, 3.63) is 23.5 Å². The molecule has 1 aliphatic carbocycles. The highest BCUT2D eigenvalue weighted by molar-refractivity contribution is 5.22. The van der Waals surface area contributed by atoms with E-state index in [0.29, 0.717) is 12.2 Å². The standard InChI is InChI=1S/C7H8F2O/c1-10-5-2-3-6(8)7(9)4-5/h4H,2-3H2,1H3. The summed E-state index contributed by atoms with van der Waals surface area (Å²) in [5.74, 6) is -0.984. The van der Waals surface area contributed by atoms with Gasteiger partial charge in [0.25, 0.3) is 0 Å². The first-order valence-corrected chi connectivity index (χ1v) is 3.02. The third-order valence-electron chi connectivity index (χ3n) is 1.40. The van der Waals surface area contributed by atoms with E-state index in [0.717, 1.165) is 6.08 Å². The van der Waals surface area contributed by atoms with Gasteiger partial charge in [-0.15, -0.1) is 0 Å². The van der Waals surface area contributed by atoms with Crippen LogP contribution in [0.3, 0.4) is 0 Å². The lowest BCUT2D eigenvalue weighted by molar-refractivity contribution is 0.268. The molecule has 56 valence electrons. The van der Waals surface area contributed by atoms with Crippen LogP contribution in [0.1, 0.15) is 12.8 Å². The molecule has 10 heavy (non-hydrogen) atoms. The Morgan fingerprint density at radius 3 is 2.60 bits per heavy atom. The van der Waals surface area contributed by atoms with E-state index in [1.54, 1.807) is 0 Å². The molecular formula is C7H8F2O. The Morgan fingerprint density at radius 1 is 1.40 bits per heavy atom. The lowest BCUT2D eigenvalue weighted by atomic mass is 10.1. The molecule has 0 fully saturated rings. The second kappa shape index (κ2) is 2.82. The Balaban J connectivity index is 2.76. The van der Waals surface area contributed by atoms with E-state index in [2.05, 4.69) is 0 Å². The maximum absolute atomic E-state index is 12.4. The monoisotopic (exact) mass is 146 g/mol. The molecule has 0 aromatic carbocycles. The van der Waals surface area contributed by atoms with Crippen LogP contribution in [-0.2, 0) is 4.74 Å². The highest BCUT2D eigenvalue weighted by atomic mass is 19.2. The zero-order valence-electron chi connectivity index (χ0n) is 5.66. The van der Waals surface area contributed by atoms with Crippen molar-refractivity contribution in [1.82, 2.24) is 0 Å². The van der Waals surface area contributed by atoms with Gasteiger partial charge in [-0.05, 0) is 0 Å². The lowest BCUT2D eigenvalue weighted by Gasteiger charge is -2.09. The summed E-state index contributed by atoms with van der Waals surface area (Å²) in [6.07, 6.45) is 1.65. The fourth-order valence-corrected chi connectivity index (χ4v) is 0.805. The van der Waals surface area contributed by atoms with Crippen molar-refractivity contribution < 1.29 is 13.5 Å². The Morgan fingerprint density at radius 2 is 2.10 bits per heavy atom. The summed E-state index contributed by atoms with van der Waals surface area (Å²) in [6.45, 7) is 0. The van der Waals surface area contributed by atoms with E-state index >= 15 is 0 Å². The summed E-state index contributed by atoms with van der Waals surface area (Å²) in [5, 5.41) is 0. The summed E-state index contributed by atoms with van der Waals surface area (Å²) in [6, 6.07) is 0. The first kappa shape index (κ1) is 7.25. The molecule has 1 aliphatic rings. The third-order valence-corrected chi connectivity index (χ3v) is 1.40.